The number of hydrogen-bond donors (Lipinski definition) is 1. The molecule has 47 heavy (non-hydrogen) atoms. The zero-order valence-corrected chi connectivity index (χ0v) is 30.5. The molecule has 1 aromatic heterocycles. The monoisotopic (exact) mass is 705 g/mol. The van der Waals surface area contributed by atoms with Gasteiger partial charge in [-0.1, -0.05) is 88.4 Å². The maximum absolute atomic E-state index is 13.7. The SMILES string of the molecule is CCCCc1ccc(S(=O)(=O)Nc2cc(N(CCOCCC)CC(CC)CCCC)c(OC)cc2/N=N/c2nc(Cl)c(C=O)s2)cc1. The first kappa shape index (κ1) is 38.4. The number of halogens is 1. The minimum atomic E-state index is -4.00. The van der Waals surface area contributed by atoms with Crippen LogP contribution >= 0.6 is 22.9 Å². The number of aryl methyl sites for hydroxylation is 1. The number of nitrogens with zero attached hydrogens (tertiary/aromatic N) is 4. The van der Waals surface area contributed by atoms with Gasteiger partial charge in [0.25, 0.3) is 10.0 Å². The van der Waals surface area contributed by atoms with Crippen molar-refractivity contribution in [3.05, 3.63) is 52.0 Å². The fraction of sp³-hybridized carbons (Fsp3) is 0.529. The second kappa shape index (κ2) is 19.7. The molecule has 13 heteroatoms. The first-order valence-corrected chi connectivity index (χ1v) is 19.1. The van der Waals surface area contributed by atoms with Crippen molar-refractivity contribution in [2.24, 2.45) is 16.1 Å². The standard InChI is InChI=1S/C34H48ClN5O5S2/c1-6-10-12-25(9-4)23-40(18-20-45-19-8-3)30-21-29(39-47(42,43)27-16-14-26(15-17-27)13-11-7-2)28(22-31(30)44-5)37-38-34-36-33(35)32(24-41)46-34/h14-17,21-22,24-25,39H,6-13,18-20,23H2,1-5H3/b38-37+. The molecular formula is C34H48ClN5O5S2. The molecule has 1 heterocycles. The van der Waals surface area contributed by atoms with Crippen LogP contribution in [-0.4, -0.2) is 53.1 Å². The Balaban J connectivity index is 2.10. The summed E-state index contributed by atoms with van der Waals surface area (Å²) in [6, 6.07) is 10.3. The summed E-state index contributed by atoms with van der Waals surface area (Å²) in [5.74, 6) is 0.937. The lowest BCUT2D eigenvalue weighted by atomic mass is 9.98. The highest BCUT2D eigenvalue weighted by atomic mass is 35.5. The van der Waals surface area contributed by atoms with Crippen molar-refractivity contribution in [1.29, 1.82) is 0 Å². The van der Waals surface area contributed by atoms with Crippen molar-refractivity contribution in [2.45, 2.75) is 84.0 Å². The number of carbonyl (C=O) groups excluding carboxylic acids is 1. The minimum Gasteiger partial charge on any atom is -0.494 e. The summed E-state index contributed by atoms with van der Waals surface area (Å²) in [5.41, 5.74) is 2.24. The number of methoxy groups -OCH3 is 1. The van der Waals surface area contributed by atoms with Gasteiger partial charge in [-0.3, -0.25) is 9.52 Å². The van der Waals surface area contributed by atoms with Gasteiger partial charge in [-0.25, -0.2) is 13.4 Å². The van der Waals surface area contributed by atoms with Crippen molar-refractivity contribution in [1.82, 2.24) is 4.98 Å². The lowest BCUT2D eigenvalue weighted by Gasteiger charge is -2.31. The van der Waals surface area contributed by atoms with Gasteiger partial charge >= 0.3 is 0 Å². The molecule has 1 atom stereocenters. The molecule has 3 rings (SSSR count). The first-order chi connectivity index (χ1) is 22.7. The number of sulfonamides is 1. The molecule has 0 bridgehead atoms. The number of thiazole rings is 1. The van der Waals surface area contributed by atoms with Crippen molar-refractivity contribution < 1.29 is 22.7 Å². The molecule has 0 saturated heterocycles. The zero-order valence-electron chi connectivity index (χ0n) is 28.1. The molecule has 0 spiro atoms. The molecule has 0 aliphatic rings. The fourth-order valence-corrected chi connectivity index (χ4v) is 6.98. The van der Waals surface area contributed by atoms with Crippen LogP contribution in [0, 0.1) is 5.92 Å². The van der Waals surface area contributed by atoms with Gasteiger partial charge in [0.15, 0.2) is 11.4 Å². The van der Waals surface area contributed by atoms with Crippen LogP contribution in [0.1, 0.15) is 87.9 Å². The second-order valence-corrected chi connectivity index (χ2v) is 14.4. The van der Waals surface area contributed by atoms with Gasteiger partial charge in [0, 0.05) is 25.8 Å². The van der Waals surface area contributed by atoms with Gasteiger partial charge in [0.2, 0.25) is 5.13 Å². The Morgan fingerprint density at radius 2 is 1.79 bits per heavy atom. The van der Waals surface area contributed by atoms with E-state index >= 15 is 0 Å². The molecule has 258 valence electrons. The molecule has 2 aromatic carbocycles. The first-order valence-electron chi connectivity index (χ1n) is 16.4. The van der Waals surface area contributed by atoms with E-state index in [1.54, 1.807) is 31.4 Å². The molecule has 3 aromatic rings. The van der Waals surface area contributed by atoms with Gasteiger partial charge in [0.1, 0.15) is 16.3 Å². The maximum Gasteiger partial charge on any atom is 0.261 e. The van der Waals surface area contributed by atoms with Crippen LogP contribution in [0.25, 0.3) is 0 Å². The zero-order chi connectivity index (χ0) is 34.2. The van der Waals surface area contributed by atoms with Crippen LogP contribution in [0.5, 0.6) is 5.75 Å². The van der Waals surface area contributed by atoms with Crippen molar-refractivity contribution in [3.63, 3.8) is 0 Å². The molecule has 0 amide bonds. The lowest BCUT2D eigenvalue weighted by molar-refractivity contribution is 0.112. The Bertz CT molecular complexity index is 1550. The summed E-state index contributed by atoms with van der Waals surface area (Å²) in [6.07, 6.45) is 8.83. The molecule has 1 unspecified atom stereocenters. The highest BCUT2D eigenvalue weighted by molar-refractivity contribution is 7.92. The van der Waals surface area contributed by atoms with E-state index in [-0.39, 0.29) is 31.4 Å². The van der Waals surface area contributed by atoms with E-state index in [2.05, 4.69) is 52.5 Å². The van der Waals surface area contributed by atoms with Gasteiger partial charge in [0.05, 0.1) is 30.0 Å². The Kier molecular flexibility index (Phi) is 16.1. The second-order valence-electron chi connectivity index (χ2n) is 11.3. The largest absolute Gasteiger partial charge is 0.494 e. The van der Waals surface area contributed by atoms with E-state index < -0.39 is 10.0 Å². The molecule has 0 aliphatic carbocycles. The fourth-order valence-electron chi connectivity index (χ4n) is 5.03. The predicted octanol–water partition coefficient (Wildman–Crippen LogP) is 9.63. The molecule has 10 nitrogen and oxygen atoms in total. The Morgan fingerprint density at radius 1 is 1.04 bits per heavy atom. The van der Waals surface area contributed by atoms with Crippen LogP contribution in [0.3, 0.4) is 0 Å². The number of unbranched alkanes of at least 4 members (excludes halogenated alkanes) is 2. The van der Waals surface area contributed by atoms with Crippen molar-refractivity contribution in [2.75, 3.05) is 43.0 Å². The van der Waals surface area contributed by atoms with E-state index in [1.807, 2.05) is 12.1 Å². The van der Waals surface area contributed by atoms with Crippen LogP contribution in [-0.2, 0) is 21.2 Å². The number of nitrogens with one attached hydrogen (secondary N) is 1. The number of ether oxygens (including phenoxy) is 2. The summed E-state index contributed by atoms with van der Waals surface area (Å²) in [5, 5.41) is 8.73. The highest BCUT2D eigenvalue weighted by Crippen LogP contribution is 2.41. The number of benzene rings is 2. The quantitative estimate of drug-likeness (QED) is 0.0627. The number of aromatic nitrogens is 1. The van der Waals surface area contributed by atoms with E-state index in [0.29, 0.717) is 37.7 Å². The van der Waals surface area contributed by atoms with Gasteiger partial charge in [-0.15, -0.1) is 10.2 Å². The van der Waals surface area contributed by atoms with Gasteiger partial charge < -0.3 is 14.4 Å². The van der Waals surface area contributed by atoms with Gasteiger partial charge in [-0.05, 0) is 55.4 Å². The van der Waals surface area contributed by atoms with Gasteiger partial charge in [-0.2, -0.15) is 0 Å². The third-order valence-electron chi connectivity index (χ3n) is 7.76. The summed E-state index contributed by atoms with van der Waals surface area (Å²) >= 11 is 7.03. The predicted molar refractivity (Wildman–Crippen MR) is 192 cm³/mol. The number of anilines is 2. The maximum atomic E-state index is 13.7. The van der Waals surface area contributed by atoms with Crippen LogP contribution in [0.2, 0.25) is 5.15 Å². The van der Waals surface area contributed by atoms with E-state index in [1.165, 1.54) is 0 Å². The van der Waals surface area contributed by atoms with Crippen LogP contribution in [0.4, 0.5) is 22.2 Å². The van der Waals surface area contributed by atoms with Crippen molar-refractivity contribution in [3.8, 4) is 5.75 Å². The third kappa shape index (κ3) is 11.5. The topological polar surface area (TPSA) is 123 Å². The Labute approximate surface area is 289 Å². The average molecular weight is 706 g/mol. The highest BCUT2D eigenvalue weighted by Gasteiger charge is 2.23. The molecule has 0 aliphatic heterocycles. The smallest absolute Gasteiger partial charge is 0.261 e. The minimum absolute atomic E-state index is 0.0321. The normalized spacial score (nSPS) is 12.4. The number of carbonyl (C=O) groups is 1. The number of aldehydes is 1. The van der Waals surface area contributed by atoms with E-state index in [4.69, 9.17) is 21.1 Å². The number of rotatable bonds is 22. The van der Waals surface area contributed by atoms with Crippen LogP contribution < -0.4 is 14.4 Å². The molecular weight excluding hydrogens is 658 g/mol. The lowest BCUT2D eigenvalue weighted by Crippen LogP contribution is -2.33. The molecule has 0 fully saturated rings. The molecule has 0 radical (unpaired) electrons. The van der Waals surface area contributed by atoms with E-state index in [9.17, 15) is 13.2 Å². The summed E-state index contributed by atoms with van der Waals surface area (Å²) in [6.45, 7) is 11.1. The van der Waals surface area contributed by atoms with E-state index in [0.717, 1.165) is 80.5 Å². The summed E-state index contributed by atoms with van der Waals surface area (Å²) in [4.78, 5) is 17.9. The molecule has 0 saturated carbocycles. The number of azo groups is 1. The average Bonchev–Trinajstić information content (AvgIpc) is 3.45. The number of hydrogen-bond acceptors (Lipinski definition) is 10. The molecule has 1 N–H and O–H groups in total. The van der Waals surface area contributed by atoms with Crippen LogP contribution in [0.15, 0.2) is 51.5 Å². The summed E-state index contributed by atoms with van der Waals surface area (Å²) < 4.78 is 42.0. The van der Waals surface area contributed by atoms with Crippen molar-refractivity contribution >= 4 is 61.4 Å². The Hall–Kier alpha value is -3.06. The Morgan fingerprint density at radius 3 is 2.40 bits per heavy atom. The summed E-state index contributed by atoms with van der Waals surface area (Å²) in [7, 11) is -2.43. The third-order valence-corrected chi connectivity index (χ3v) is 10.4.